The monoisotopic (exact) mass is 463 g/mol. The van der Waals surface area contributed by atoms with Gasteiger partial charge in [0.2, 0.25) is 0 Å². The highest BCUT2D eigenvalue weighted by molar-refractivity contribution is 7.18. The fourth-order valence-corrected chi connectivity index (χ4v) is 3.90. The van der Waals surface area contributed by atoms with Gasteiger partial charge in [-0.1, -0.05) is 11.6 Å². The number of halogens is 1. The van der Waals surface area contributed by atoms with Gasteiger partial charge in [0, 0.05) is 5.02 Å². The zero-order valence-electron chi connectivity index (χ0n) is 16.8. The number of thiophene rings is 1. The molecule has 2 heterocycles. The molecular weight excluding hydrogens is 446 g/mol. The molecule has 0 saturated heterocycles. The van der Waals surface area contributed by atoms with E-state index in [1.807, 2.05) is 0 Å². The zero-order valence-corrected chi connectivity index (χ0v) is 18.4. The maximum atomic E-state index is 12.6. The van der Waals surface area contributed by atoms with Crippen LogP contribution in [0.15, 0.2) is 40.8 Å². The van der Waals surface area contributed by atoms with Gasteiger partial charge in [-0.25, -0.2) is 9.59 Å². The molecule has 3 rings (SSSR count). The molecule has 0 saturated carbocycles. The standard InChI is InChI=1S/C21H18ClNO7S/c1-11-16(20(25)27-2)19(31-17(11)21(26)28-3)23-18(24)15-9-8-14(30-15)10-29-13-6-4-12(22)5-7-13/h4-9H,10H2,1-3H3,(H,23,24). The maximum absolute atomic E-state index is 12.6. The van der Waals surface area contributed by atoms with Gasteiger partial charge in [0.25, 0.3) is 5.91 Å². The lowest BCUT2D eigenvalue weighted by Crippen LogP contribution is -2.13. The van der Waals surface area contributed by atoms with E-state index in [2.05, 4.69) is 5.32 Å². The summed E-state index contributed by atoms with van der Waals surface area (Å²) in [6, 6.07) is 9.91. The minimum atomic E-state index is -0.685. The number of amides is 1. The summed E-state index contributed by atoms with van der Waals surface area (Å²) in [4.78, 5) is 37.0. The van der Waals surface area contributed by atoms with Crippen LogP contribution in [0, 0.1) is 6.92 Å². The van der Waals surface area contributed by atoms with Crippen molar-refractivity contribution in [1.29, 1.82) is 0 Å². The van der Waals surface area contributed by atoms with Gasteiger partial charge in [-0.2, -0.15) is 0 Å². The molecule has 0 spiro atoms. The number of carbonyl (C=O) groups excluding carboxylic acids is 3. The van der Waals surface area contributed by atoms with E-state index in [1.54, 1.807) is 37.3 Å². The van der Waals surface area contributed by atoms with Crippen LogP contribution in [0.4, 0.5) is 5.00 Å². The van der Waals surface area contributed by atoms with Crippen LogP contribution in [0.3, 0.4) is 0 Å². The molecule has 8 nitrogen and oxygen atoms in total. The number of anilines is 1. The highest BCUT2D eigenvalue weighted by Gasteiger charge is 2.27. The number of methoxy groups -OCH3 is 2. The molecule has 1 amide bonds. The molecule has 0 aliphatic heterocycles. The summed E-state index contributed by atoms with van der Waals surface area (Å²) < 4.78 is 20.6. The van der Waals surface area contributed by atoms with Crippen molar-refractivity contribution in [3.8, 4) is 5.75 Å². The summed E-state index contributed by atoms with van der Waals surface area (Å²) in [5.41, 5.74) is 0.439. The van der Waals surface area contributed by atoms with Gasteiger partial charge < -0.3 is 23.9 Å². The number of hydrogen-bond acceptors (Lipinski definition) is 8. The molecule has 1 aromatic carbocycles. The maximum Gasteiger partial charge on any atom is 0.348 e. The molecule has 0 aliphatic rings. The molecule has 10 heteroatoms. The quantitative estimate of drug-likeness (QED) is 0.506. The molecule has 2 aromatic heterocycles. The van der Waals surface area contributed by atoms with E-state index in [9.17, 15) is 14.4 Å². The summed E-state index contributed by atoms with van der Waals surface area (Å²) in [5, 5.41) is 3.35. The Morgan fingerprint density at radius 2 is 1.71 bits per heavy atom. The average molecular weight is 464 g/mol. The van der Waals surface area contributed by atoms with Crippen molar-refractivity contribution in [3.05, 3.63) is 68.9 Å². The van der Waals surface area contributed by atoms with Crippen LogP contribution in [0.5, 0.6) is 5.75 Å². The van der Waals surface area contributed by atoms with Crippen molar-refractivity contribution < 1.29 is 33.0 Å². The highest BCUT2D eigenvalue weighted by atomic mass is 35.5. The van der Waals surface area contributed by atoms with E-state index in [-0.39, 0.29) is 27.8 Å². The smallest absolute Gasteiger partial charge is 0.348 e. The fraction of sp³-hybridized carbons (Fsp3) is 0.190. The van der Waals surface area contributed by atoms with Crippen molar-refractivity contribution >= 4 is 45.8 Å². The summed E-state index contributed by atoms with van der Waals surface area (Å²) in [6.07, 6.45) is 0. The zero-order chi connectivity index (χ0) is 22.5. The molecular formula is C21H18ClNO7S. The van der Waals surface area contributed by atoms with Crippen LogP contribution >= 0.6 is 22.9 Å². The molecule has 0 bridgehead atoms. The van der Waals surface area contributed by atoms with Gasteiger partial charge >= 0.3 is 11.9 Å². The van der Waals surface area contributed by atoms with E-state index in [0.29, 0.717) is 22.1 Å². The molecule has 0 atom stereocenters. The van der Waals surface area contributed by atoms with E-state index in [0.717, 1.165) is 11.3 Å². The first kappa shape index (κ1) is 22.4. The van der Waals surface area contributed by atoms with Crippen LogP contribution in [-0.2, 0) is 16.1 Å². The Bertz CT molecular complexity index is 1120. The second kappa shape index (κ2) is 9.67. The Morgan fingerprint density at radius 1 is 1.03 bits per heavy atom. The number of rotatable bonds is 7. The summed E-state index contributed by atoms with van der Waals surface area (Å²) >= 11 is 6.75. The number of carbonyl (C=O) groups is 3. The molecule has 31 heavy (non-hydrogen) atoms. The Hall–Kier alpha value is -3.30. The molecule has 0 fully saturated rings. The predicted octanol–water partition coefficient (Wildman–Crippen LogP) is 4.71. The second-order valence-electron chi connectivity index (χ2n) is 6.21. The normalized spacial score (nSPS) is 10.5. The van der Waals surface area contributed by atoms with E-state index in [1.165, 1.54) is 20.3 Å². The Balaban J connectivity index is 1.75. The van der Waals surface area contributed by atoms with E-state index < -0.39 is 17.8 Å². The SMILES string of the molecule is COC(=O)c1sc(NC(=O)c2ccc(COc3ccc(Cl)cc3)o2)c(C(=O)OC)c1C. The summed E-state index contributed by atoms with van der Waals surface area (Å²) in [7, 11) is 2.44. The Kier molecular flexibility index (Phi) is 6.98. The third kappa shape index (κ3) is 5.07. The number of ether oxygens (including phenoxy) is 3. The lowest BCUT2D eigenvalue weighted by molar-refractivity contribution is 0.0601. The highest BCUT2D eigenvalue weighted by Crippen LogP contribution is 2.34. The molecule has 0 aliphatic carbocycles. The van der Waals surface area contributed by atoms with Crippen LogP contribution in [0.2, 0.25) is 5.02 Å². The third-order valence-electron chi connectivity index (χ3n) is 4.21. The lowest BCUT2D eigenvalue weighted by atomic mass is 10.1. The number of benzene rings is 1. The van der Waals surface area contributed by atoms with Crippen molar-refractivity contribution in [2.24, 2.45) is 0 Å². The lowest BCUT2D eigenvalue weighted by Gasteiger charge is -2.05. The number of hydrogen-bond donors (Lipinski definition) is 1. The molecule has 0 unspecified atom stereocenters. The molecule has 3 aromatic rings. The van der Waals surface area contributed by atoms with Gasteiger partial charge in [-0.05, 0) is 48.9 Å². The van der Waals surface area contributed by atoms with Crippen LogP contribution in [0.1, 0.15) is 41.9 Å². The number of nitrogens with one attached hydrogen (secondary N) is 1. The first-order chi connectivity index (χ1) is 14.8. The Morgan fingerprint density at radius 3 is 2.35 bits per heavy atom. The second-order valence-corrected chi connectivity index (χ2v) is 7.66. The van der Waals surface area contributed by atoms with Gasteiger partial charge in [0.1, 0.15) is 28.0 Å². The molecule has 0 radical (unpaired) electrons. The minimum Gasteiger partial charge on any atom is -0.486 e. The number of esters is 2. The fourth-order valence-electron chi connectivity index (χ4n) is 2.66. The minimum absolute atomic E-state index is 0.0104. The number of furan rings is 1. The van der Waals surface area contributed by atoms with Gasteiger partial charge in [-0.15, -0.1) is 11.3 Å². The first-order valence-corrected chi connectivity index (χ1v) is 10.1. The summed E-state index contributed by atoms with van der Waals surface area (Å²) in [6.45, 7) is 1.68. The van der Waals surface area contributed by atoms with Gasteiger partial charge in [0.15, 0.2) is 5.76 Å². The van der Waals surface area contributed by atoms with Crippen LogP contribution in [0.25, 0.3) is 0 Å². The topological polar surface area (TPSA) is 104 Å². The van der Waals surface area contributed by atoms with Crippen LogP contribution < -0.4 is 10.1 Å². The van der Waals surface area contributed by atoms with Crippen molar-refractivity contribution in [1.82, 2.24) is 0 Å². The third-order valence-corrected chi connectivity index (χ3v) is 5.65. The van der Waals surface area contributed by atoms with E-state index in [4.69, 9.17) is 30.2 Å². The molecule has 162 valence electrons. The van der Waals surface area contributed by atoms with Gasteiger partial charge in [0.05, 0.1) is 19.8 Å². The van der Waals surface area contributed by atoms with E-state index >= 15 is 0 Å². The van der Waals surface area contributed by atoms with Crippen molar-refractivity contribution in [2.45, 2.75) is 13.5 Å². The van der Waals surface area contributed by atoms with Crippen LogP contribution in [-0.4, -0.2) is 32.1 Å². The molecule has 1 N–H and O–H groups in total. The van der Waals surface area contributed by atoms with Crippen molar-refractivity contribution in [3.63, 3.8) is 0 Å². The van der Waals surface area contributed by atoms with Gasteiger partial charge in [-0.3, -0.25) is 4.79 Å². The Labute approximate surface area is 186 Å². The predicted molar refractivity (Wildman–Crippen MR) is 114 cm³/mol. The average Bonchev–Trinajstić information content (AvgIpc) is 3.37. The summed E-state index contributed by atoms with van der Waals surface area (Å²) in [5.74, 6) is -0.870. The first-order valence-electron chi connectivity index (χ1n) is 8.92. The largest absolute Gasteiger partial charge is 0.486 e. The van der Waals surface area contributed by atoms with Crippen molar-refractivity contribution in [2.75, 3.05) is 19.5 Å².